The van der Waals surface area contributed by atoms with Crippen LogP contribution in [0.2, 0.25) is 0 Å². The van der Waals surface area contributed by atoms with E-state index in [0.717, 1.165) is 12.8 Å². The smallest absolute Gasteiger partial charge is 0.0234 e. The van der Waals surface area contributed by atoms with Crippen molar-refractivity contribution < 1.29 is 0 Å². The summed E-state index contributed by atoms with van der Waals surface area (Å²) < 4.78 is 0. The van der Waals surface area contributed by atoms with E-state index in [9.17, 15) is 0 Å². The molecule has 2 rings (SSSR count). The Balaban J connectivity index is 2.21. The maximum Gasteiger partial charge on any atom is 0.0234 e. The summed E-state index contributed by atoms with van der Waals surface area (Å²) in [5.74, 6) is 0. The van der Waals surface area contributed by atoms with Gasteiger partial charge in [0, 0.05) is 5.54 Å². The fourth-order valence-electron chi connectivity index (χ4n) is 2.18. The van der Waals surface area contributed by atoms with Gasteiger partial charge >= 0.3 is 0 Å². The molecule has 0 heterocycles. The molecule has 0 atom stereocenters. The lowest BCUT2D eigenvalue weighted by Gasteiger charge is -2.24. The summed E-state index contributed by atoms with van der Waals surface area (Å²) in [4.78, 5) is 0. The van der Waals surface area contributed by atoms with Gasteiger partial charge in [0.15, 0.2) is 0 Å². The van der Waals surface area contributed by atoms with Crippen LogP contribution in [0.1, 0.15) is 18.1 Å². The topological polar surface area (TPSA) is 12.0 Å². The van der Waals surface area contributed by atoms with Crippen LogP contribution in [-0.2, 0) is 12.8 Å². The predicted octanol–water partition coefficient (Wildman–Crippen LogP) is 1.84. The Labute approximate surface area is 80.2 Å². The zero-order chi connectivity index (χ0) is 9.31. The van der Waals surface area contributed by atoms with Crippen LogP contribution in [0.3, 0.4) is 0 Å². The molecule has 2 radical (unpaired) electrons. The first-order valence-electron chi connectivity index (χ1n) is 4.75. The van der Waals surface area contributed by atoms with Gasteiger partial charge in [0.05, 0.1) is 0 Å². The van der Waals surface area contributed by atoms with Gasteiger partial charge in [-0.2, -0.15) is 0 Å². The van der Waals surface area contributed by atoms with Crippen LogP contribution in [0.5, 0.6) is 0 Å². The van der Waals surface area contributed by atoms with E-state index in [2.05, 4.69) is 36.5 Å². The average molecular weight is 173 g/mol. The minimum Gasteiger partial charge on any atom is -0.311 e. The Morgan fingerprint density at radius 3 is 2.31 bits per heavy atom. The molecule has 0 bridgehead atoms. The largest absolute Gasteiger partial charge is 0.311 e. The number of fused-ring (bicyclic) bond motifs is 1. The van der Waals surface area contributed by atoms with Crippen LogP contribution in [0.25, 0.3) is 0 Å². The van der Waals surface area contributed by atoms with E-state index in [1.807, 2.05) is 0 Å². The van der Waals surface area contributed by atoms with Gasteiger partial charge in [0.25, 0.3) is 0 Å². The molecular weight excluding hydrogens is 158 g/mol. The Bertz CT molecular complexity index is 279. The molecule has 1 aliphatic rings. The van der Waals surface area contributed by atoms with Crippen LogP contribution in [0.4, 0.5) is 0 Å². The van der Waals surface area contributed by atoms with Crippen LogP contribution in [-0.4, -0.2) is 12.1 Å². The van der Waals surface area contributed by atoms with Crippen LogP contribution in [0.15, 0.2) is 24.3 Å². The molecule has 0 amide bonds. The molecule has 0 aliphatic heterocycles. The fourth-order valence-corrected chi connectivity index (χ4v) is 2.18. The minimum atomic E-state index is 0.179. The van der Waals surface area contributed by atoms with E-state index in [1.54, 1.807) is 0 Å². The molecule has 1 heteroatoms. The second-order valence-electron chi connectivity index (χ2n) is 4.06. The lowest BCUT2D eigenvalue weighted by atomic mass is 9.99. The Hall–Kier alpha value is -0.820. The molecule has 1 nitrogen and oxygen atoms in total. The fraction of sp³-hybridized carbons (Fsp3) is 0.417. The number of hydrogen-bond donors (Lipinski definition) is 1. The van der Waals surface area contributed by atoms with E-state index in [1.165, 1.54) is 11.1 Å². The Morgan fingerprint density at radius 2 is 1.85 bits per heavy atom. The van der Waals surface area contributed by atoms with Crippen molar-refractivity contribution in [3.05, 3.63) is 42.3 Å². The number of rotatable bonds is 2. The second-order valence-corrected chi connectivity index (χ2v) is 4.06. The molecule has 1 N–H and O–H groups in total. The van der Waals surface area contributed by atoms with Crippen molar-refractivity contribution in [2.45, 2.75) is 25.3 Å². The molecule has 0 saturated carbocycles. The third kappa shape index (κ3) is 1.61. The zero-order valence-electron chi connectivity index (χ0n) is 8.01. The SMILES string of the molecule is [CH]CNC1(C)Cc2ccccc2C1. The lowest BCUT2D eigenvalue weighted by molar-refractivity contribution is 0.390. The van der Waals surface area contributed by atoms with Crippen molar-refractivity contribution in [1.29, 1.82) is 0 Å². The van der Waals surface area contributed by atoms with Gasteiger partial charge in [-0.25, -0.2) is 0 Å². The summed E-state index contributed by atoms with van der Waals surface area (Å²) in [6.07, 6.45) is 2.20. The van der Waals surface area contributed by atoms with Crippen molar-refractivity contribution in [1.82, 2.24) is 5.32 Å². The first-order valence-corrected chi connectivity index (χ1v) is 4.75. The molecule has 13 heavy (non-hydrogen) atoms. The molecule has 0 fully saturated rings. The van der Waals surface area contributed by atoms with Gasteiger partial charge < -0.3 is 5.32 Å². The van der Waals surface area contributed by atoms with E-state index in [0.29, 0.717) is 6.54 Å². The first-order chi connectivity index (χ1) is 6.23. The Morgan fingerprint density at radius 1 is 1.31 bits per heavy atom. The highest BCUT2D eigenvalue weighted by molar-refractivity contribution is 5.35. The van der Waals surface area contributed by atoms with Gasteiger partial charge in [-0.15, -0.1) is 0 Å². The van der Waals surface area contributed by atoms with Gasteiger partial charge in [-0.3, -0.25) is 0 Å². The summed E-state index contributed by atoms with van der Waals surface area (Å²) in [7, 11) is 0. The third-order valence-corrected chi connectivity index (χ3v) is 2.81. The number of nitrogens with one attached hydrogen (secondary N) is 1. The second kappa shape index (κ2) is 3.15. The molecule has 1 aliphatic carbocycles. The van der Waals surface area contributed by atoms with Crippen LogP contribution < -0.4 is 5.32 Å². The van der Waals surface area contributed by atoms with Crippen molar-refractivity contribution in [3.8, 4) is 0 Å². The summed E-state index contributed by atoms with van der Waals surface area (Å²) in [6.45, 7) is 8.31. The average Bonchev–Trinajstić information content (AvgIpc) is 2.40. The molecule has 0 unspecified atom stereocenters. The standard InChI is InChI=1S/C12H15N/c1-3-13-12(2)8-10-6-4-5-7-11(10)9-12/h1,4-7,13H,3,8-9H2,2H3. The monoisotopic (exact) mass is 173 g/mol. The van der Waals surface area contributed by atoms with Crippen LogP contribution in [0, 0.1) is 6.92 Å². The lowest BCUT2D eigenvalue weighted by Crippen LogP contribution is -2.42. The maximum absolute atomic E-state index is 5.52. The van der Waals surface area contributed by atoms with E-state index in [4.69, 9.17) is 6.92 Å². The number of hydrogen-bond acceptors (Lipinski definition) is 1. The zero-order valence-corrected chi connectivity index (χ0v) is 8.01. The summed E-state index contributed by atoms with van der Waals surface area (Å²) >= 11 is 0. The highest BCUT2D eigenvalue weighted by atomic mass is 15.0. The maximum atomic E-state index is 5.52. The molecule has 0 aromatic heterocycles. The van der Waals surface area contributed by atoms with E-state index >= 15 is 0 Å². The van der Waals surface area contributed by atoms with E-state index in [-0.39, 0.29) is 5.54 Å². The van der Waals surface area contributed by atoms with Crippen LogP contribution >= 0.6 is 0 Å². The summed E-state index contributed by atoms with van der Waals surface area (Å²) in [6, 6.07) is 8.62. The number of benzene rings is 1. The molecule has 1 aromatic carbocycles. The quantitative estimate of drug-likeness (QED) is 0.719. The molecule has 0 spiro atoms. The normalized spacial score (nSPS) is 18.6. The third-order valence-electron chi connectivity index (χ3n) is 2.81. The molecule has 68 valence electrons. The van der Waals surface area contributed by atoms with Gasteiger partial charge in [-0.05, 0) is 44.4 Å². The van der Waals surface area contributed by atoms with E-state index < -0.39 is 0 Å². The molecule has 1 aromatic rings. The van der Waals surface area contributed by atoms with Crippen molar-refractivity contribution in [2.24, 2.45) is 0 Å². The van der Waals surface area contributed by atoms with Crippen molar-refractivity contribution in [3.63, 3.8) is 0 Å². The summed E-state index contributed by atoms with van der Waals surface area (Å²) in [5.41, 5.74) is 3.11. The molecular formula is C12H15N. The van der Waals surface area contributed by atoms with Gasteiger partial charge in [-0.1, -0.05) is 24.3 Å². The highest BCUT2D eigenvalue weighted by Crippen LogP contribution is 2.29. The summed E-state index contributed by atoms with van der Waals surface area (Å²) in [5, 5.41) is 3.35. The predicted molar refractivity (Wildman–Crippen MR) is 54.6 cm³/mol. The Kier molecular flexibility index (Phi) is 2.12. The molecule has 0 saturated heterocycles. The first kappa shape index (κ1) is 8.76. The van der Waals surface area contributed by atoms with Crippen molar-refractivity contribution >= 4 is 0 Å². The minimum absolute atomic E-state index is 0.179. The highest BCUT2D eigenvalue weighted by Gasteiger charge is 2.31. The van der Waals surface area contributed by atoms with Gasteiger partial charge in [0.1, 0.15) is 0 Å². The van der Waals surface area contributed by atoms with Gasteiger partial charge in [0.2, 0.25) is 0 Å². The van der Waals surface area contributed by atoms with Crippen molar-refractivity contribution in [2.75, 3.05) is 6.54 Å².